The van der Waals surface area contributed by atoms with Crippen LogP contribution in [0.1, 0.15) is 44.3 Å². The van der Waals surface area contributed by atoms with Crippen molar-refractivity contribution in [1.82, 2.24) is 25.4 Å². The monoisotopic (exact) mass is 369 g/mol. The molecule has 0 aliphatic heterocycles. The molecule has 1 atom stereocenters. The maximum absolute atomic E-state index is 12.5. The summed E-state index contributed by atoms with van der Waals surface area (Å²) in [5.74, 6) is 0.813. The van der Waals surface area contributed by atoms with Crippen molar-refractivity contribution in [1.29, 1.82) is 0 Å². The molecular formula is C20H27N5O2. The van der Waals surface area contributed by atoms with Crippen molar-refractivity contribution in [2.75, 3.05) is 6.54 Å². The molecule has 1 fully saturated rings. The number of aromatic nitrogens is 3. The van der Waals surface area contributed by atoms with Gasteiger partial charge >= 0.3 is 0 Å². The molecule has 2 N–H and O–H groups in total. The van der Waals surface area contributed by atoms with E-state index < -0.39 is 0 Å². The molecule has 7 nitrogen and oxygen atoms in total. The fourth-order valence-electron chi connectivity index (χ4n) is 3.77. The van der Waals surface area contributed by atoms with Crippen LogP contribution in [0.2, 0.25) is 0 Å². The van der Waals surface area contributed by atoms with Gasteiger partial charge in [0.2, 0.25) is 11.8 Å². The van der Waals surface area contributed by atoms with E-state index in [4.69, 9.17) is 0 Å². The lowest BCUT2D eigenvalue weighted by atomic mass is 9.77. The second-order valence-corrected chi connectivity index (χ2v) is 7.22. The Bertz CT molecular complexity index is 724. The van der Waals surface area contributed by atoms with E-state index in [0.717, 1.165) is 37.9 Å². The molecule has 1 aliphatic carbocycles. The van der Waals surface area contributed by atoms with Gasteiger partial charge in [0.05, 0.1) is 11.7 Å². The van der Waals surface area contributed by atoms with Crippen molar-refractivity contribution in [3.05, 3.63) is 48.5 Å². The average molecular weight is 369 g/mol. The first-order valence-electron chi connectivity index (χ1n) is 9.54. The van der Waals surface area contributed by atoms with Gasteiger partial charge in [0, 0.05) is 32.1 Å². The van der Waals surface area contributed by atoms with Gasteiger partial charge in [-0.2, -0.15) is 5.10 Å². The summed E-state index contributed by atoms with van der Waals surface area (Å²) in [4.78, 5) is 28.1. The summed E-state index contributed by atoms with van der Waals surface area (Å²) < 4.78 is 1.62. The predicted molar refractivity (Wildman–Crippen MR) is 101 cm³/mol. The Morgan fingerprint density at radius 1 is 1.19 bits per heavy atom. The van der Waals surface area contributed by atoms with E-state index in [1.807, 2.05) is 18.2 Å². The van der Waals surface area contributed by atoms with Crippen molar-refractivity contribution in [2.45, 2.75) is 45.2 Å². The van der Waals surface area contributed by atoms with Gasteiger partial charge in [0.1, 0.15) is 6.54 Å². The first-order valence-corrected chi connectivity index (χ1v) is 9.54. The highest BCUT2D eigenvalue weighted by atomic mass is 16.2. The Hall–Kier alpha value is -2.70. The molecule has 27 heavy (non-hydrogen) atoms. The Labute approximate surface area is 159 Å². The number of carbonyl (C=O) groups excluding carboxylic acids is 2. The Balaban J connectivity index is 1.62. The third-order valence-corrected chi connectivity index (χ3v) is 5.19. The van der Waals surface area contributed by atoms with Gasteiger partial charge in [-0.05, 0) is 55.7 Å². The lowest BCUT2D eigenvalue weighted by molar-refractivity contribution is -0.123. The van der Waals surface area contributed by atoms with Crippen molar-refractivity contribution in [3.8, 4) is 0 Å². The van der Waals surface area contributed by atoms with Gasteiger partial charge in [-0.1, -0.05) is 6.07 Å². The van der Waals surface area contributed by atoms with E-state index in [1.165, 1.54) is 0 Å². The molecular weight excluding hydrogens is 342 g/mol. The van der Waals surface area contributed by atoms with E-state index in [0.29, 0.717) is 11.8 Å². The van der Waals surface area contributed by atoms with Crippen LogP contribution in [0.25, 0.3) is 0 Å². The minimum atomic E-state index is -0.101. The predicted octanol–water partition coefficient (Wildman–Crippen LogP) is 2.08. The molecule has 1 aliphatic rings. The zero-order valence-electron chi connectivity index (χ0n) is 15.7. The van der Waals surface area contributed by atoms with Crippen LogP contribution in [-0.2, 0) is 16.1 Å². The minimum Gasteiger partial charge on any atom is -0.356 e. The van der Waals surface area contributed by atoms with Crippen molar-refractivity contribution in [2.24, 2.45) is 11.8 Å². The van der Waals surface area contributed by atoms with Gasteiger partial charge in [0.25, 0.3) is 0 Å². The molecule has 7 heteroatoms. The molecule has 2 heterocycles. The third kappa shape index (κ3) is 5.64. The SMILES string of the molecule is CC(=O)NCC1CCC([C@@H](NC(=O)Cn2cccn2)c2ccccn2)CC1. The van der Waals surface area contributed by atoms with E-state index >= 15 is 0 Å². The maximum Gasteiger partial charge on any atom is 0.242 e. The molecule has 0 radical (unpaired) electrons. The van der Waals surface area contributed by atoms with Crippen LogP contribution in [0.4, 0.5) is 0 Å². The first kappa shape index (κ1) is 19.1. The van der Waals surface area contributed by atoms with E-state index in [2.05, 4.69) is 20.7 Å². The zero-order chi connectivity index (χ0) is 19.1. The van der Waals surface area contributed by atoms with Crippen LogP contribution >= 0.6 is 0 Å². The largest absolute Gasteiger partial charge is 0.356 e. The zero-order valence-corrected chi connectivity index (χ0v) is 15.7. The summed E-state index contributed by atoms with van der Waals surface area (Å²) >= 11 is 0. The smallest absolute Gasteiger partial charge is 0.242 e. The molecule has 3 rings (SSSR count). The average Bonchev–Trinajstić information content (AvgIpc) is 3.18. The second kappa shape index (κ2) is 9.30. The van der Waals surface area contributed by atoms with Crippen LogP contribution in [0.15, 0.2) is 42.9 Å². The van der Waals surface area contributed by atoms with Crippen LogP contribution < -0.4 is 10.6 Å². The van der Waals surface area contributed by atoms with Gasteiger partial charge in [-0.15, -0.1) is 0 Å². The van der Waals surface area contributed by atoms with Gasteiger partial charge in [-0.3, -0.25) is 19.3 Å². The normalized spacial score (nSPS) is 20.6. The molecule has 0 spiro atoms. The van der Waals surface area contributed by atoms with Crippen molar-refractivity contribution in [3.63, 3.8) is 0 Å². The Kier molecular flexibility index (Phi) is 6.57. The number of hydrogen-bond donors (Lipinski definition) is 2. The maximum atomic E-state index is 12.5. The third-order valence-electron chi connectivity index (χ3n) is 5.19. The summed E-state index contributed by atoms with van der Waals surface area (Å²) in [6, 6.07) is 7.52. The Morgan fingerprint density at radius 3 is 2.63 bits per heavy atom. The highest BCUT2D eigenvalue weighted by Crippen LogP contribution is 2.36. The number of rotatable bonds is 7. The first-order chi connectivity index (χ1) is 13.1. The topological polar surface area (TPSA) is 88.9 Å². The number of carbonyl (C=O) groups is 2. The summed E-state index contributed by atoms with van der Waals surface area (Å²) in [5, 5.41) is 10.2. The van der Waals surface area contributed by atoms with Gasteiger partial charge < -0.3 is 10.6 Å². The van der Waals surface area contributed by atoms with Crippen LogP contribution in [-0.4, -0.2) is 33.1 Å². The second-order valence-electron chi connectivity index (χ2n) is 7.22. The van der Waals surface area contributed by atoms with Crippen LogP contribution in [0, 0.1) is 11.8 Å². The fourth-order valence-corrected chi connectivity index (χ4v) is 3.77. The molecule has 2 aromatic heterocycles. The van der Waals surface area contributed by atoms with Crippen LogP contribution in [0.3, 0.4) is 0 Å². The van der Waals surface area contributed by atoms with Crippen molar-refractivity contribution < 1.29 is 9.59 Å². The van der Waals surface area contributed by atoms with Gasteiger partial charge in [-0.25, -0.2) is 0 Å². The number of nitrogens with zero attached hydrogens (tertiary/aromatic N) is 3. The minimum absolute atomic E-state index is 0.0226. The summed E-state index contributed by atoms with van der Waals surface area (Å²) in [6.45, 7) is 2.49. The summed E-state index contributed by atoms with van der Waals surface area (Å²) in [7, 11) is 0. The molecule has 2 amide bonds. The molecule has 144 valence electrons. The van der Waals surface area contributed by atoms with Gasteiger partial charge in [0.15, 0.2) is 0 Å². The Morgan fingerprint density at radius 2 is 2.00 bits per heavy atom. The van der Waals surface area contributed by atoms with Crippen LogP contribution in [0.5, 0.6) is 0 Å². The molecule has 1 saturated carbocycles. The van der Waals surface area contributed by atoms with E-state index in [-0.39, 0.29) is 24.4 Å². The summed E-state index contributed by atoms with van der Waals surface area (Å²) in [6.07, 6.45) is 9.32. The molecule has 0 bridgehead atoms. The fraction of sp³-hybridized carbons (Fsp3) is 0.500. The standard InChI is InChI=1S/C20H27N5O2/c1-15(26)22-13-16-6-8-17(9-7-16)20(18-5-2-3-10-21-18)24-19(27)14-25-12-4-11-23-25/h2-5,10-12,16-17,20H,6-9,13-14H2,1H3,(H,22,26)(H,24,27)/t16?,17?,20-/m1/s1. The molecule has 0 aromatic carbocycles. The number of nitrogens with one attached hydrogen (secondary N) is 2. The lowest BCUT2D eigenvalue weighted by Gasteiger charge is -2.34. The molecule has 0 unspecified atom stereocenters. The van der Waals surface area contributed by atoms with E-state index in [1.54, 1.807) is 36.3 Å². The van der Waals surface area contributed by atoms with E-state index in [9.17, 15) is 9.59 Å². The molecule has 0 saturated heterocycles. The number of amides is 2. The number of hydrogen-bond acceptors (Lipinski definition) is 4. The number of pyridine rings is 1. The molecule has 2 aromatic rings. The quantitative estimate of drug-likeness (QED) is 0.782. The van der Waals surface area contributed by atoms with Crippen molar-refractivity contribution >= 4 is 11.8 Å². The highest BCUT2D eigenvalue weighted by molar-refractivity contribution is 5.76. The lowest BCUT2D eigenvalue weighted by Crippen LogP contribution is -2.38. The summed E-state index contributed by atoms with van der Waals surface area (Å²) in [5.41, 5.74) is 0.900. The highest BCUT2D eigenvalue weighted by Gasteiger charge is 2.30.